The van der Waals surface area contributed by atoms with E-state index in [9.17, 15) is 26.4 Å². The molecular weight excluding hydrogens is 321 g/mol. The minimum atomic E-state index is -5.35. The van der Waals surface area contributed by atoms with Gasteiger partial charge in [0.05, 0.1) is 17.4 Å². The van der Waals surface area contributed by atoms with E-state index < -0.39 is 25.7 Å². The van der Waals surface area contributed by atoms with Crippen molar-refractivity contribution in [1.29, 1.82) is 0 Å². The Balaban J connectivity index is 2.23. The van der Waals surface area contributed by atoms with E-state index in [1.807, 2.05) is 0 Å². The summed E-state index contributed by atoms with van der Waals surface area (Å²) in [5, 5.41) is 0. The van der Waals surface area contributed by atoms with Crippen LogP contribution in [0.5, 0.6) is 0 Å². The van der Waals surface area contributed by atoms with Crippen molar-refractivity contribution in [1.82, 2.24) is 0 Å². The molecule has 1 aliphatic carbocycles. The quantitative estimate of drug-likeness (QED) is 0.793. The maximum Gasteiger partial charge on any atom is 0.501 e. The third-order valence-corrected chi connectivity index (χ3v) is 5.44. The summed E-state index contributed by atoms with van der Waals surface area (Å²) >= 11 is 0. The first kappa shape index (κ1) is 16.8. The Morgan fingerprint density at radius 1 is 1.32 bits per heavy atom. The van der Waals surface area contributed by atoms with E-state index in [0.29, 0.717) is 12.0 Å². The first-order chi connectivity index (χ1) is 10.0. The fraction of sp³-hybridized carbons (Fsp3) is 0.500. The fourth-order valence-electron chi connectivity index (χ4n) is 2.42. The predicted octanol–water partition coefficient (Wildman–Crippen LogP) is 2.82. The van der Waals surface area contributed by atoms with Gasteiger partial charge >= 0.3 is 11.5 Å². The van der Waals surface area contributed by atoms with Crippen LogP contribution in [0.15, 0.2) is 29.2 Å². The molecule has 0 amide bonds. The van der Waals surface area contributed by atoms with Gasteiger partial charge in [-0.3, -0.25) is 4.79 Å². The highest BCUT2D eigenvalue weighted by Crippen LogP contribution is 2.54. The smallest absolute Gasteiger partial charge is 0.466 e. The van der Waals surface area contributed by atoms with Gasteiger partial charge < -0.3 is 4.74 Å². The van der Waals surface area contributed by atoms with Gasteiger partial charge in [0, 0.05) is 5.41 Å². The first-order valence-electron chi connectivity index (χ1n) is 6.62. The number of halogens is 3. The van der Waals surface area contributed by atoms with E-state index in [2.05, 4.69) is 0 Å². The molecule has 8 heteroatoms. The largest absolute Gasteiger partial charge is 0.501 e. The zero-order valence-corrected chi connectivity index (χ0v) is 12.8. The number of sulfone groups is 1. The van der Waals surface area contributed by atoms with Crippen LogP contribution in [-0.4, -0.2) is 26.5 Å². The molecule has 1 fully saturated rings. The highest BCUT2D eigenvalue weighted by molar-refractivity contribution is 7.92. The van der Waals surface area contributed by atoms with Gasteiger partial charge in [0.1, 0.15) is 0 Å². The lowest BCUT2D eigenvalue weighted by molar-refractivity contribution is -0.145. The molecule has 2 unspecified atom stereocenters. The molecule has 4 nitrogen and oxygen atoms in total. The lowest BCUT2D eigenvalue weighted by atomic mass is 9.95. The number of rotatable bonds is 4. The zero-order chi connectivity index (χ0) is 16.8. The van der Waals surface area contributed by atoms with Crippen LogP contribution < -0.4 is 0 Å². The van der Waals surface area contributed by atoms with E-state index in [1.54, 1.807) is 13.8 Å². The molecule has 1 aliphatic rings. The van der Waals surface area contributed by atoms with Crippen molar-refractivity contribution in [2.45, 2.75) is 36.1 Å². The maximum atomic E-state index is 12.5. The molecule has 0 aromatic heterocycles. The lowest BCUT2D eigenvalue weighted by Gasteiger charge is -2.13. The van der Waals surface area contributed by atoms with E-state index in [1.165, 1.54) is 12.1 Å². The molecule has 0 spiro atoms. The molecule has 0 radical (unpaired) electrons. The Labute approximate surface area is 126 Å². The average Bonchev–Trinajstić information content (AvgIpc) is 3.12. The lowest BCUT2D eigenvalue weighted by Crippen LogP contribution is -2.23. The monoisotopic (exact) mass is 336 g/mol. The van der Waals surface area contributed by atoms with Crippen molar-refractivity contribution < 1.29 is 31.1 Å². The van der Waals surface area contributed by atoms with E-state index in [0.717, 1.165) is 12.1 Å². The van der Waals surface area contributed by atoms with Crippen molar-refractivity contribution in [3.05, 3.63) is 29.8 Å². The van der Waals surface area contributed by atoms with Crippen LogP contribution in [-0.2, 0) is 24.8 Å². The molecular formula is C14H15F3O4S. The zero-order valence-electron chi connectivity index (χ0n) is 12.0. The number of benzene rings is 1. The van der Waals surface area contributed by atoms with Gasteiger partial charge in [0.2, 0.25) is 0 Å². The van der Waals surface area contributed by atoms with Crippen LogP contribution in [0.4, 0.5) is 13.2 Å². The second-order valence-corrected chi connectivity index (χ2v) is 7.34. The third kappa shape index (κ3) is 2.71. The summed E-state index contributed by atoms with van der Waals surface area (Å²) in [4.78, 5) is 10.9. The summed E-state index contributed by atoms with van der Waals surface area (Å²) in [6.07, 6.45) is 0.525. The summed E-state index contributed by atoms with van der Waals surface area (Å²) in [5.74, 6) is -0.700. The van der Waals surface area contributed by atoms with Gasteiger partial charge in [-0.05, 0) is 31.0 Å². The number of alkyl halides is 3. The molecule has 22 heavy (non-hydrogen) atoms. The molecule has 2 rings (SSSR count). The Kier molecular flexibility index (Phi) is 4.01. The summed E-state index contributed by atoms with van der Waals surface area (Å²) in [6.45, 7) is 3.74. The second-order valence-electron chi connectivity index (χ2n) is 5.40. The molecule has 0 bridgehead atoms. The molecule has 1 aromatic rings. The Bertz CT molecular complexity index is 679. The van der Waals surface area contributed by atoms with Gasteiger partial charge in [-0.25, -0.2) is 8.42 Å². The van der Waals surface area contributed by atoms with E-state index in [-0.39, 0.29) is 18.5 Å². The SMILES string of the molecule is CCOC(=O)C1CC1(C)c1ccc(S(=O)(=O)C(F)(F)F)cc1. The van der Waals surface area contributed by atoms with Crippen LogP contribution in [0.1, 0.15) is 25.8 Å². The van der Waals surface area contributed by atoms with Crippen molar-refractivity contribution in [2.24, 2.45) is 5.92 Å². The molecule has 1 aromatic carbocycles. The number of carbonyl (C=O) groups is 1. The number of carbonyl (C=O) groups excluding carboxylic acids is 1. The van der Waals surface area contributed by atoms with Crippen molar-refractivity contribution in [2.75, 3.05) is 6.61 Å². The molecule has 2 atom stereocenters. The van der Waals surface area contributed by atoms with Crippen molar-refractivity contribution in [3.63, 3.8) is 0 Å². The average molecular weight is 336 g/mol. The molecule has 0 saturated heterocycles. The minimum Gasteiger partial charge on any atom is -0.466 e. The summed E-state index contributed by atoms with van der Waals surface area (Å²) < 4.78 is 64.9. The normalized spacial score (nSPS) is 24.9. The molecule has 1 saturated carbocycles. The van der Waals surface area contributed by atoms with Crippen LogP contribution in [0, 0.1) is 5.92 Å². The van der Waals surface area contributed by atoms with Crippen molar-refractivity contribution in [3.8, 4) is 0 Å². The van der Waals surface area contributed by atoms with E-state index >= 15 is 0 Å². The number of hydrogen-bond acceptors (Lipinski definition) is 4. The van der Waals surface area contributed by atoms with Gasteiger partial charge in [0.25, 0.3) is 9.84 Å². The Morgan fingerprint density at radius 3 is 2.32 bits per heavy atom. The second kappa shape index (κ2) is 5.26. The van der Waals surface area contributed by atoms with Crippen LogP contribution in [0.3, 0.4) is 0 Å². The maximum absolute atomic E-state index is 12.5. The topological polar surface area (TPSA) is 60.4 Å². The molecule has 0 aliphatic heterocycles. The third-order valence-electron chi connectivity index (χ3n) is 3.94. The molecule has 122 valence electrons. The van der Waals surface area contributed by atoms with Crippen molar-refractivity contribution >= 4 is 15.8 Å². The summed E-state index contributed by atoms with van der Waals surface area (Å²) in [6, 6.07) is 4.48. The summed E-state index contributed by atoms with van der Waals surface area (Å²) in [5.41, 5.74) is -5.23. The predicted molar refractivity (Wildman–Crippen MR) is 71.8 cm³/mol. The summed E-state index contributed by atoms with van der Waals surface area (Å²) in [7, 11) is -5.35. The van der Waals surface area contributed by atoms with Gasteiger partial charge in [0.15, 0.2) is 0 Å². The highest BCUT2D eigenvalue weighted by atomic mass is 32.2. The molecule has 0 N–H and O–H groups in total. The standard InChI is InChI=1S/C14H15F3O4S/c1-3-21-12(18)11-8-13(11,2)9-4-6-10(7-5-9)22(19,20)14(15,16)17/h4-7,11H,3,8H2,1-2H3. The Morgan fingerprint density at radius 2 is 1.86 bits per heavy atom. The minimum absolute atomic E-state index is 0.258. The highest BCUT2D eigenvalue weighted by Gasteiger charge is 2.56. The van der Waals surface area contributed by atoms with Crippen LogP contribution >= 0.6 is 0 Å². The van der Waals surface area contributed by atoms with Crippen LogP contribution in [0.25, 0.3) is 0 Å². The van der Waals surface area contributed by atoms with Gasteiger partial charge in [-0.2, -0.15) is 13.2 Å². The number of hydrogen-bond donors (Lipinski definition) is 0. The van der Waals surface area contributed by atoms with E-state index in [4.69, 9.17) is 4.74 Å². The first-order valence-corrected chi connectivity index (χ1v) is 8.11. The molecule has 0 heterocycles. The van der Waals surface area contributed by atoms with Crippen LogP contribution in [0.2, 0.25) is 0 Å². The Hall–Kier alpha value is -1.57. The van der Waals surface area contributed by atoms with Gasteiger partial charge in [-0.15, -0.1) is 0 Å². The number of ether oxygens (including phenoxy) is 1. The fourth-order valence-corrected chi connectivity index (χ4v) is 3.18. The van der Waals surface area contributed by atoms with Gasteiger partial charge in [-0.1, -0.05) is 19.1 Å². The number of esters is 1.